The van der Waals surface area contributed by atoms with Crippen LogP contribution in [-0.4, -0.2) is 32.2 Å². The number of nitrogens with one attached hydrogen (secondary N) is 1. The van der Waals surface area contributed by atoms with Crippen molar-refractivity contribution in [2.75, 3.05) is 18.1 Å². The highest BCUT2D eigenvalue weighted by atomic mass is 32.2. The molecule has 1 rings (SSSR count). The first kappa shape index (κ1) is 13.6. The van der Waals surface area contributed by atoms with E-state index < -0.39 is 10.8 Å². The van der Waals surface area contributed by atoms with Crippen molar-refractivity contribution in [1.82, 2.24) is 9.97 Å². The summed E-state index contributed by atoms with van der Waals surface area (Å²) in [6.07, 6.45) is 2.48. The van der Waals surface area contributed by atoms with Crippen molar-refractivity contribution in [1.29, 1.82) is 5.26 Å². The van der Waals surface area contributed by atoms with Crippen molar-refractivity contribution in [2.45, 2.75) is 25.5 Å². The fourth-order valence-electron chi connectivity index (χ4n) is 1.26. The zero-order chi connectivity index (χ0) is 12.8. The number of aromatic nitrogens is 2. The third kappa shape index (κ3) is 4.49. The summed E-state index contributed by atoms with van der Waals surface area (Å²) in [6, 6.07) is 3.62. The van der Waals surface area contributed by atoms with E-state index in [-0.39, 0.29) is 5.25 Å². The molecule has 5 nitrogen and oxygen atoms in total. The number of aryl methyl sites for hydroxylation is 1. The highest BCUT2D eigenvalue weighted by Crippen LogP contribution is 2.05. The largest absolute Gasteiger partial charge is 0.354 e. The van der Waals surface area contributed by atoms with Gasteiger partial charge in [-0.3, -0.25) is 4.21 Å². The third-order valence-electron chi connectivity index (χ3n) is 2.37. The van der Waals surface area contributed by atoms with Crippen molar-refractivity contribution in [2.24, 2.45) is 0 Å². The lowest BCUT2D eigenvalue weighted by Gasteiger charge is -2.09. The zero-order valence-corrected chi connectivity index (χ0v) is 11.0. The van der Waals surface area contributed by atoms with Crippen LogP contribution in [0.25, 0.3) is 0 Å². The summed E-state index contributed by atoms with van der Waals surface area (Å²) in [5, 5.41) is 11.9. The number of anilines is 1. The second kappa shape index (κ2) is 6.30. The van der Waals surface area contributed by atoms with Crippen LogP contribution in [0.15, 0.2) is 6.07 Å². The Labute approximate surface area is 104 Å². The smallest absolute Gasteiger partial charge is 0.224 e. The van der Waals surface area contributed by atoms with E-state index in [1.807, 2.05) is 19.9 Å². The van der Waals surface area contributed by atoms with Gasteiger partial charge in [0.1, 0.15) is 11.8 Å². The summed E-state index contributed by atoms with van der Waals surface area (Å²) >= 11 is 0. The van der Waals surface area contributed by atoms with E-state index in [1.54, 1.807) is 12.3 Å². The zero-order valence-electron chi connectivity index (χ0n) is 10.2. The third-order valence-corrected chi connectivity index (χ3v) is 3.74. The lowest BCUT2D eigenvalue weighted by atomic mass is 10.3. The Hall–Kier alpha value is -1.48. The predicted molar refractivity (Wildman–Crippen MR) is 68.1 cm³/mol. The summed E-state index contributed by atoms with van der Waals surface area (Å²) < 4.78 is 11.1. The quantitative estimate of drug-likeness (QED) is 0.852. The van der Waals surface area contributed by atoms with Crippen LogP contribution in [0.5, 0.6) is 0 Å². The molecular weight excluding hydrogens is 236 g/mol. The fourth-order valence-corrected chi connectivity index (χ4v) is 1.71. The molecule has 0 aliphatic heterocycles. The standard InChI is InChI=1S/C11H16N4OS/c1-8-6-10(7-12)15-11(14-8)13-5-4-9(2)17(3)16/h6,9H,4-5H2,1-3H3,(H,13,14,15). The second-order valence-electron chi connectivity index (χ2n) is 3.85. The minimum absolute atomic E-state index is 0.141. The van der Waals surface area contributed by atoms with E-state index in [4.69, 9.17) is 5.26 Å². The van der Waals surface area contributed by atoms with Gasteiger partial charge in [0.2, 0.25) is 5.95 Å². The van der Waals surface area contributed by atoms with Crippen molar-refractivity contribution >= 4 is 16.7 Å². The summed E-state index contributed by atoms with van der Waals surface area (Å²) in [7, 11) is -0.812. The number of hydrogen-bond acceptors (Lipinski definition) is 5. The van der Waals surface area contributed by atoms with Gasteiger partial charge in [-0.1, -0.05) is 6.92 Å². The van der Waals surface area contributed by atoms with Gasteiger partial charge >= 0.3 is 0 Å². The molecule has 0 amide bonds. The number of hydrogen-bond donors (Lipinski definition) is 1. The van der Waals surface area contributed by atoms with Gasteiger partial charge in [-0.05, 0) is 19.4 Å². The Morgan fingerprint density at radius 1 is 1.59 bits per heavy atom. The molecule has 0 aliphatic rings. The molecule has 1 aromatic rings. The minimum atomic E-state index is -0.812. The first-order valence-electron chi connectivity index (χ1n) is 5.35. The molecule has 1 aromatic heterocycles. The lowest BCUT2D eigenvalue weighted by molar-refractivity contribution is 0.672. The molecule has 1 heterocycles. The van der Waals surface area contributed by atoms with E-state index >= 15 is 0 Å². The number of nitriles is 1. The van der Waals surface area contributed by atoms with E-state index in [0.29, 0.717) is 18.2 Å². The molecule has 0 saturated carbocycles. The van der Waals surface area contributed by atoms with Crippen LogP contribution in [0.3, 0.4) is 0 Å². The molecule has 0 radical (unpaired) electrons. The maximum absolute atomic E-state index is 11.1. The topological polar surface area (TPSA) is 78.7 Å². The molecule has 6 heteroatoms. The Bertz CT molecular complexity index is 455. The van der Waals surface area contributed by atoms with Crippen LogP contribution in [0.1, 0.15) is 24.7 Å². The van der Waals surface area contributed by atoms with Crippen LogP contribution in [-0.2, 0) is 10.8 Å². The summed E-state index contributed by atoms with van der Waals surface area (Å²) in [6.45, 7) is 4.40. The lowest BCUT2D eigenvalue weighted by Crippen LogP contribution is -2.16. The first-order chi connectivity index (χ1) is 8.02. The van der Waals surface area contributed by atoms with Crippen molar-refractivity contribution < 1.29 is 4.21 Å². The van der Waals surface area contributed by atoms with E-state index in [9.17, 15) is 4.21 Å². The molecule has 0 aromatic carbocycles. The normalized spacial score (nSPS) is 13.8. The number of rotatable bonds is 5. The minimum Gasteiger partial charge on any atom is -0.354 e. The summed E-state index contributed by atoms with van der Waals surface area (Å²) in [5.41, 5.74) is 1.11. The van der Waals surface area contributed by atoms with Gasteiger partial charge in [-0.15, -0.1) is 0 Å². The Morgan fingerprint density at radius 3 is 2.88 bits per heavy atom. The molecule has 17 heavy (non-hydrogen) atoms. The molecule has 2 atom stereocenters. The molecule has 1 N–H and O–H groups in total. The average Bonchev–Trinajstić information content (AvgIpc) is 2.27. The monoisotopic (exact) mass is 252 g/mol. The van der Waals surface area contributed by atoms with Crippen LogP contribution in [0, 0.1) is 18.3 Å². The van der Waals surface area contributed by atoms with Crippen LogP contribution < -0.4 is 5.32 Å². The maximum atomic E-state index is 11.1. The van der Waals surface area contributed by atoms with Crippen molar-refractivity contribution in [3.05, 3.63) is 17.5 Å². The number of nitrogens with zero attached hydrogens (tertiary/aromatic N) is 3. The van der Waals surface area contributed by atoms with Gasteiger partial charge in [0.25, 0.3) is 0 Å². The Morgan fingerprint density at radius 2 is 2.29 bits per heavy atom. The van der Waals surface area contributed by atoms with Gasteiger partial charge in [-0.2, -0.15) is 5.26 Å². The fraction of sp³-hybridized carbons (Fsp3) is 0.545. The molecular formula is C11H16N4OS. The van der Waals surface area contributed by atoms with E-state index in [1.165, 1.54) is 0 Å². The Balaban J connectivity index is 2.55. The molecule has 0 bridgehead atoms. The molecule has 0 spiro atoms. The van der Waals surface area contributed by atoms with Gasteiger partial charge in [-0.25, -0.2) is 9.97 Å². The highest BCUT2D eigenvalue weighted by Gasteiger charge is 2.06. The SMILES string of the molecule is Cc1cc(C#N)nc(NCCC(C)S(C)=O)n1. The van der Waals surface area contributed by atoms with Gasteiger partial charge in [0, 0.05) is 34.5 Å². The van der Waals surface area contributed by atoms with Crippen LogP contribution in [0.4, 0.5) is 5.95 Å². The maximum Gasteiger partial charge on any atom is 0.224 e. The molecule has 0 aliphatic carbocycles. The van der Waals surface area contributed by atoms with Gasteiger partial charge < -0.3 is 5.32 Å². The molecule has 2 unspecified atom stereocenters. The van der Waals surface area contributed by atoms with E-state index in [2.05, 4.69) is 15.3 Å². The molecule has 0 fully saturated rings. The highest BCUT2D eigenvalue weighted by molar-refractivity contribution is 7.84. The van der Waals surface area contributed by atoms with E-state index in [0.717, 1.165) is 12.1 Å². The molecule has 92 valence electrons. The van der Waals surface area contributed by atoms with Crippen LogP contribution >= 0.6 is 0 Å². The molecule has 0 saturated heterocycles. The Kier molecular flexibility index (Phi) is 5.04. The average molecular weight is 252 g/mol. The van der Waals surface area contributed by atoms with Gasteiger partial charge in [0.05, 0.1) is 0 Å². The first-order valence-corrected chi connectivity index (χ1v) is 6.97. The predicted octanol–water partition coefficient (Wildman–Crippen LogP) is 1.23. The van der Waals surface area contributed by atoms with Crippen molar-refractivity contribution in [3.8, 4) is 6.07 Å². The van der Waals surface area contributed by atoms with Crippen LogP contribution in [0.2, 0.25) is 0 Å². The van der Waals surface area contributed by atoms with Crippen molar-refractivity contribution in [3.63, 3.8) is 0 Å². The summed E-state index contributed by atoms with van der Waals surface area (Å²) in [5.74, 6) is 0.454. The summed E-state index contributed by atoms with van der Waals surface area (Å²) in [4.78, 5) is 8.21. The second-order valence-corrected chi connectivity index (χ2v) is 5.66. The van der Waals surface area contributed by atoms with Gasteiger partial charge in [0.15, 0.2) is 0 Å².